The lowest BCUT2D eigenvalue weighted by molar-refractivity contribution is -0.142. The molecule has 2 saturated carbocycles. The molecule has 2 aliphatic rings. The Morgan fingerprint density at radius 2 is 2.12 bits per heavy atom. The second-order valence-electron chi connectivity index (χ2n) is 6.67. The van der Waals surface area contributed by atoms with Gasteiger partial charge in [-0.25, -0.2) is 14.5 Å². The van der Waals surface area contributed by atoms with E-state index in [1.807, 2.05) is 0 Å². The summed E-state index contributed by atoms with van der Waals surface area (Å²) in [5.41, 5.74) is 1.97. The Morgan fingerprint density at radius 3 is 2.76 bits per heavy atom. The Bertz CT molecular complexity index is 981. The van der Waals surface area contributed by atoms with Gasteiger partial charge in [-0.2, -0.15) is 0 Å². The van der Waals surface area contributed by atoms with Crippen molar-refractivity contribution < 1.29 is 14.7 Å². The predicted octanol–water partition coefficient (Wildman–Crippen LogP) is 1.21. The van der Waals surface area contributed by atoms with Crippen LogP contribution in [0.15, 0.2) is 17.8 Å². The van der Waals surface area contributed by atoms with Crippen molar-refractivity contribution in [3.8, 4) is 0 Å². The van der Waals surface area contributed by atoms with Crippen LogP contribution >= 0.6 is 11.3 Å². The number of carboxylic acids is 1. The fraction of sp³-hybridized carbons (Fsp3) is 0.400. The van der Waals surface area contributed by atoms with Crippen LogP contribution in [0.25, 0.3) is 10.3 Å². The van der Waals surface area contributed by atoms with E-state index < -0.39 is 17.0 Å². The van der Waals surface area contributed by atoms with Gasteiger partial charge in [0.15, 0.2) is 5.54 Å². The number of aliphatic carboxylic acids is 1. The van der Waals surface area contributed by atoms with E-state index >= 15 is 0 Å². The molecule has 3 aromatic rings. The van der Waals surface area contributed by atoms with E-state index in [0.29, 0.717) is 29.9 Å². The molecule has 5 rings (SSSR count). The van der Waals surface area contributed by atoms with Crippen LogP contribution in [-0.4, -0.2) is 41.9 Å². The molecule has 0 saturated heterocycles. The van der Waals surface area contributed by atoms with Gasteiger partial charge in [0, 0.05) is 0 Å². The molecule has 25 heavy (non-hydrogen) atoms. The molecule has 0 aliphatic heterocycles. The second kappa shape index (κ2) is 4.66. The number of fused-ring (bicyclic) bond motifs is 1. The lowest BCUT2D eigenvalue weighted by Crippen LogP contribution is -2.35. The molecule has 3 heterocycles. The molecular weight excluding hydrogens is 344 g/mol. The van der Waals surface area contributed by atoms with Crippen molar-refractivity contribution in [2.75, 3.05) is 0 Å². The van der Waals surface area contributed by atoms with Crippen LogP contribution in [0, 0.1) is 0 Å². The van der Waals surface area contributed by atoms with Gasteiger partial charge in [0.05, 0.1) is 21.9 Å². The SMILES string of the molecule is O=C(NC1(c2cn(C3(C(=O)O)CC3)nn2)CC1)c1cc2scnc2[nH]1. The molecule has 0 unspecified atom stereocenters. The van der Waals surface area contributed by atoms with Gasteiger partial charge in [0.2, 0.25) is 0 Å². The van der Waals surface area contributed by atoms with E-state index in [4.69, 9.17) is 0 Å². The molecular formula is C15H14N6O3S. The minimum absolute atomic E-state index is 0.225. The van der Waals surface area contributed by atoms with Crippen LogP contribution in [-0.2, 0) is 15.9 Å². The third-order valence-corrected chi connectivity index (χ3v) is 5.79. The van der Waals surface area contributed by atoms with Crippen molar-refractivity contribution in [1.29, 1.82) is 0 Å². The topological polar surface area (TPSA) is 126 Å². The number of hydrogen-bond donors (Lipinski definition) is 3. The third-order valence-electron chi connectivity index (χ3n) is 5.01. The number of aromatic nitrogens is 5. The average molecular weight is 358 g/mol. The molecule has 2 fully saturated rings. The summed E-state index contributed by atoms with van der Waals surface area (Å²) in [6, 6.07) is 1.78. The van der Waals surface area contributed by atoms with Gasteiger partial charge in [0.1, 0.15) is 17.0 Å². The number of H-pyrrole nitrogens is 1. The maximum Gasteiger partial charge on any atom is 0.331 e. The Morgan fingerprint density at radius 1 is 1.32 bits per heavy atom. The molecule has 3 aromatic heterocycles. The summed E-state index contributed by atoms with van der Waals surface area (Å²) in [7, 11) is 0. The first-order chi connectivity index (χ1) is 12.0. The monoisotopic (exact) mass is 358 g/mol. The summed E-state index contributed by atoms with van der Waals surface area (Å²) in [5, 5.41) is 20.5. The van der Waals surface area contributed by atoms with E-state index in [1.165, 1.54) is 16.0 Å². The summed E-state index contributed by atoms with van der Waals surface area (Å²) in [6.45, 7) is 0. The molecule has 0 aromatic carbocycles. The molecule has 0 bridgehead atoms. The van der Waals surface area contributed by atoms with E-state index in [0.717, 1.165) is 17.5 Å². The third kappa shape index (κ3) is 2.10. The summed E-state index contributed by atoms with van der Waals surface area (Å²) >= 11 is 1.47. The summed E-state index contributed by atoms with van der Waals surface area (Å²) in [4.78, 5) is 31.1. The highest BCUT2D eigenvalue weighted by Crippen LogP contribution is 2.47. The van der Waals surface area contributed by atoms with E-state index in [1.54, 1.807) is 17.8 Å². The van der Waals surface area contributed by atoms with Crippen LogP contribution in [0.3, 0.4) is 0 Å². The van der Waals surface area contributed by atoms with Crippen LogP contribution in [0.4, 0.5) is 0 Å². The predicted molar refractivity (Wildman–Crippen MR) is 87.2 cm³/mol. The van der Waals surface area contributed by atoms with Crippen LogP contribution in [0.2, 0.25) is 0 Å². The van der Waals surface area contributed by atoms with E-state index in [-0.39, 0.29) is 5.91 Å². The molecule has 10 heteroatoms. The Hall–Kier alpha value is -2.75. The molecule has 0 radical (unpaired) electrons. The molecule has 1 amide bonds. The van der Waals surface area contributed by atoms with E-state index in [2.05, 4.69) is 25.6 Å². The first-order valence-corrected chi connectivity index (χ1v) is 8.82. The zero-order valence-corrected chi connectivity index (χ0v) is 13.8. The number of rotatable bonds is 5. The lowest BCUT2D eigenvalue weighted by atomic mass is 10.2. The normalized spacial score (nSPS) is 19.7. The standard InChI is InChI=1S/C15H14N6O3S/c22-12(8-5-9-11(17-8)16-7-25-9)18-14(1-2-14)10-6-21(20-19-10)15(3-4-15)13(23)24/h5-7,17H,1-4H2,(H,18,22)(H,23,24). The maximum absolute atomic E-state index is 12.6. The number of nitrogens with zero attached hydrogens (tertiary/aromatic N) is 4. The van der Waals surface area contributed by atoms with Crippen molar-refractivity contribution in [2.24, 2.45) is 0 Å². The van der Waals surface area contributed by atoms with E-state index in [9.17, 15) is 14.7 Å². The summed E-state index contributed by atoms with van der Waals surface area (Å²) in [6.07, 6.45) is 4.27. The highest BCUT2D eigenvalue weighted by molar-refractivity contribution is 7.16. The van der Waals surface area contributed by atoms with Crippen molar-refractivity contribution in [1.82, 2.24) is 30.3 Å². The van der Waals surface area contributed by atoms with Gasteiger partial charge in [-0.05, 0) is 31.7 Å². The van der Waals surface area contributed by atoms with Crippen molar-refractivity contribution >= 4 is 33.6 Å². The fourth-order valence-electron chi connectivity index (χ4n) is 3.08. The highest BCUT2D eigenvalue weighted by atomic mass is 32.1. The number of thiazole rings is 1. The first-order valence-electron chi connectivity index (χ1n) is 7.94. The summed E-state index contributed by atoms with van der Waals surface area (Å²) in [5.74, 6) is -1.12. The molecule has 9 nitrogen and oxygen atoms in total. The Labute approximate surface area is 145 Å². The van der Waals surface area contributed by atoms with Crippen LogP contribution < -0.4 is 5.32 Å². The van der Waals surface area contributed by atoms with Gasteiger partial charge >= 0.3 is 5.97 Å². The largest absolute Gasteiger partial charge is 0.479 e. The quantitative estimate of drug-likeness (QED) is 0.629. The lowest BCUT2D eigenvalue weighted by Gasteiger charge is -2.14. The molecule has 3 N–H and O–H groups in total. The second-order valence-corrected chi connectivity index (χ2v) is 7.56. The Balaban J connectivity index is 1.39. The van der Waals surface area contributed by atoms with Crippen LogP contribution in [0.5, 0.6) is 0 Å². The first kappa shape index (κ1) is 14.6. The number of carbonyl (C=O) groups is 2. The average Bonchev–Trinajstić information content (AvgIpc) is 3.37. The number of aromatic amines is 1. The van der Waals surface area contributed by atoms with Gasteiger partial charge in [-0.1, -0.05) is 5.21 Å². The number of nitrogens with one attached hydrogen (secondary N) is 2. The summed E-state index contributed by atoms with van der Waals surface area (Å²) < 4.78 is 2.35. The Kier molecular flexibility index (Phi) is 2.72. The van der Waals surface area contributed by atoms with Crippen LogP contribution in [0.1, 0.15) is 41.9 Å². The van der Waals surface area contributed by atoms with Gasteiger partial charge in [0.25, 0.3) is 5.91 Å². The van der Waals surface area contributed by atoms with Gasteiger partial charge in [-0.3, -0.25) is 4.79 Å². The zero-order chi connectivity index (χ0) is 17.2. The number of carbonyl (C=O) groups excluding carboxylic acids is 1. The van der Waals surface area contributed by atoms with Gasteiger partial charge < -0.3 is 15.4 Å². The number of carboxylic acid groups (broad SMARTS) is 1. The minimum atomic E-state index is -0.958. The smallest absolute Gasteiger partial charge is 0.331 e. The molecule has 128 valence electrons. The number of hydrogen-bond acceptors (Lipinski definition) is 6. The maximum atomic E-state index is 12.6. The molecule has 2 aliphatic carbocycles. The van der Waals surface area contributed by atoms with Crippen molar-refractivity contribution in [3.63, 3.8) is 0 Å². The fourth-order valence-corrected chi connectivity index (χ4v) is 3.75. The molecule has 0 atom stereocenters. The highest BCUT2D eigenvalue weighted by Gasteiger charge is 2.55. The zero-order valence-electron chi connectivity index (χ0n) is 13.0. The van der Waals surface area contributed by atoms with Gasteiger partial charge in [-0.15, -0.1) is 16.4 Å². The minimum Gasteiger partial charge on any atom is -0.479 e. The number of amides is 1. The van der Waals surface area contributed by atoms with Crippen molar-refractivity contribution in [2.45, 2.75) is 36.8 Å². The van der Waals surface area contributed by atoms with Crippen molar-refractivity contribution in [3.05, 3.63) is 29.2 Å². The molecule has 0 spiro atoms.